The van der Waals surface area contributed by atoms with E-state index in [1.165, 1.54) is 31.2 Å². The maximum atomic E-state index is 12.4. The standard InChI is InChI=1S/C15H11N3O7/c1-8-7-9(17(22)23)5-6-11(8)16-14(19)10-3-2-4-12(18(24)25)13(10)15(20)21/h2-7H,1H3,(H,16,19)(H,20,21). The van der Waals surface area contributed by atoms with Gasteiger partial charge in [0, 0.05) is 23.9 Å². The minimum absolute atomic E-state index is 0.169. The molecular formula is C15H11N3O7. The van der Waals surface area contributed by atoms with Crippen LogP contribution in [0.1, 0.15) is 26.3 Å². The molecule has 1 amide bonds. The van der Waals surface area contributed by atoms with Crippen molar-refractivity contribution in [2.45, 2.75) is 6.92 Å². The molecule has 0 aliphatic carbocycles. The monoisotopic (exact) mass is 345 g/mol. The number of anilines is 1. The third-order valence-corrected chi connectivity index (χ3v) is 3.37. The number of carbonyl (C=O) groups is 2. The number of carboxylic acids is 1. The molecule has 0 aromatic heterocycles. The van der Waals surface area contributed by atoms with Crippen molar-refractivity contribution in [3.05, 3.63) is 73.3 Å². The number of non-ortho nitro benzene ring substituents is 1. The van der Waals surface area contributed by atoms with Gasteiger partial charge in [-0.15, -0.1) is 0 Å². The molecule has 0 spiro atoms. The molecule has 2 N–H and O–H groups in total. The van der Waals surface area contributed by atoms with Crippen molar-refractivity contribution in [2.24, 2.45) is 0 Å². The lowest BCUT2D eigenvalue weighted by Gasteiger charge is -2.10. The Balaban J connectivity index is 2.43. The fraction of sp³-hybridized carbons (Fsp3) is 0.0667. The van der Waals surface area contributed by atoms with Gasteiger partial charge in [-0.05, 0) is 24.6 Å². The van der Waals surface area contributed by atoms with Gasteiger partial charge in [0.25, 0.3) is 17.3 Å². The van der Waals surface area contributed by atoms with E-state index >= 15 is 0 Å². The lowest BCUT2D eigenvalue weighted by atomic mass is 10.0. The molecule has 25 heavy (non-hydrogen) atoms. The Morgan fingerprint density at radius 2 is 1.76 bits per heavy atom. The number of nitrogens with one attached hydrogen (secondary N) is 1. The van der Waals surface area contributed by atoms with E-state index in [4.69, 9.17) is 0 Å². The van der Waals surface area contributed by atoms with Gasteiger partial charge in [0.1, 0.15) is 5.56 Å². The van der Waals surface area contributed by atoms with Crippen LogP contribution in [0.15, 0.2) is 36.4 Å². The molecule has 2 rings (SSSR count). The maximum absolute atomic E-state index is 12.4. The first-order valence-electron chi connectivity index (χ1n) is 6.79. The van der Waals surface area contributed by atoms with E-state index in [2.05, 4.69) is 5.32 Å². The second kappa shape index (κ2) is 6.74. The SMILES string of the molecule is Cc1cc([N+](=O)[O-])ccc1NC(=O)c1cccc([N+](=O)[O-])c1C(=O)O. The van der Waals surface area contributed by atoms with E-state index in [0.29, 0.717) is 5.56 Å². The number of hydrogen-bond acceptors (Lipinski definition) is 6. The number of hydrogen-bond donors (Lipinski definition) is 2. The lowest BCUT2D eigenvalue weighted by molar-refractivity contribution is -0.385. The molecule has 0 aliphatic heterocycles. The summed E-state index contributed by atoms with van der Waals surface area (Å²) in [6, 6.07) is 7.03. The highest BCUT2D eigenvalue weighted by molar-refractivity contribution is 6.12. The number of nitrogens with zero attached hydrogens (tertiary/aromatic N) is 2. The minimum atomic E-state index is -1.61. The molecule has 0 saturated heterocycles. The lowest BCUT2D eigenvalue weighted by Crippen LogP contribution is -2.18. The van der Waals surface area contributed by atoms with Crippen LogP contribution in [0.25, 0.3) is 0 Å². The molecule has 2 aromatic rings. The summed E-state index contributed by atoms with van der Waals surface area (Å²) in [6.07, 6.45) is 0. The third-order valence-electron chi connectivity index (χ3n) is 3.37. The van der Waals surface area contributed by atoms with E-state index in [-0.39, 0.29) is 16.9 Å². The van der Waals surface area contributed by atoms with Gasteiger partial charge in [0.2, 0.25) is 0 Å². The first kappa shape index (κ1) is 17.5. The molecule has 0 heterocycles. The van der Waals surface area contributed by atoms with Crippen LogP contribution in [0.4, 0.5) is 17.1 Å². The third kappa shape index (κ3) is 3.58. The van der Waals surface area contributed by atoms with Crippen LogP contribution in [0.3, 0.4) is 0 Å². The van der Waals surface area contributed by atoms with Gasteiger partial charge in [-0.2, -0.15) is 0 Å². The summed E-state index contributed by atoms with van der Waals surface area (Å²) in [5.41, 5.74) is -1.40. The zero-order valence-corrected chi connectivity index (χ0v) is 12.8. The van der Waals surface area contributed by atoms with Gasteiger partial charge in [-0.3, -0.25) is 25.0 Å². The number of carbonyl (C=O) groups excluding carboxylic acids is 1. The van der Waals surface area contributed by atoms with Crippen molar-refractivity contribution in [1.29, 1.82) is 0 Å². The van der Waals surface area contributed by atoms with Crippen molar-refractivity contribution in [1.82, 2.24) is 0 Å². The molecule has 0 aliphatic rings. The number of rotatable bonds is 5. The predicted octanol–water partition coefficient (Wildman–Crippen LogP) is 2.76. The van der Waals surface area contributed by atoms with Crippen molar-refractivity contribution >= 4 is 28.9 Å². The Kier molecular flexibility index (Phi) is 4.73. The van der Waals surface area contributed by atoms with Crippen LogP contribution in [0, 0.1) is 27.2 Å². The van der Waals surface area contributed by atoms with Gasteiger partial charge in [-0.25, -0.2) is 4.79 Å². The molecular weight excluding hydrogens is 334 g/mol. The summed E-state index contributed by atoms with van der Waals surface area (Å²) in [7, 11) is 0. The van der Waals surface area contributed by atoms with E-state index in [9.17, 15) is 34.9 Å². The second-order valence-corrected chi connectivity index (χ2v) is 4.97. The number of benzene rings is 2. The Labute approximate surface area is 140 Å². The molecule has 128 valence electrons. The summed E-state index contributed by atoms with van der Waals surface area (Å²) < 4.78 is 0. The highest BCUT2D eigenvalue weighted by Crippen LogP contribution is 2.25. The van der Waals surface area contributed by atoms with Crippen LogP contribution >= 0.6 is 0 Å². The number of carboxylic acid groups (broad SMARTS) is 1. The average Bonchev–Trinajstić information content (AvgIpc) is 2.55. The quantitative estimate of drug-likeness (QED) is 0.624. The van der Waals surface area contributed by atoms with Gasteiger partial charge >= 0.3 is 5.97 Å². The summed E-state index contributed by atoms with van der Waals surface area (Å²) in [5, 5.41) is 33.3. The smallest absolute Gasteiger partial charge is 0.343 e. The van der Waals surface area contributed by atoms with Gasteiger partial charge in [-0.1, -0.05) is 6.07 Å². The first-order chi connectivity index (χ1) is 11.7. The van der Waals surface area contributed by atoms with Crippen molar-refractivity contribution in [3.8, 4) is 0 Å². The molecule has 0 radical (unpaired) electrons. The highest BCUT2D eigenvalue weighted by atomic mass is 16.6. The maximum Gasteiger partial charge on any atom is 0.343 e. The molecule has 2 aromatic carbocycles. The van der Waals surface area contributed by atoms with Crippen LogP contribution in [0.5, 0.6) is 0 Å². The Bertz CT molecular complexity index is 908. The molecule has 0 unspecified atom stereocenters. The molecule has 0 saturated carbocycles. The number of aromatic carboxylic acids is 1. The Morgan fingerprint density at radius 3 is 2.28 bits per heavy atom. The fourth-order valence-corrected chi connectivity index (χ4v) is 2.20. The largest absolute Gasteiger partial charge is 0.477 e. The van der Waals surface area contributed by atoms with Crippen LogP contribution in [0.2, 0.25) is 0 Å². The summed E-state index contributed by atoms with van der Waals surface area (Å²) in [4.78, 5) is 43.9. The fourth-order valence-electron chi connectivity index (χ4n) is 2.20. The molecule has 10 heteroatoms. The summed E-state index contributed by atoms with van der Waals surface area (Å²) >= 11 is 0. The van der Waals surface area contributed by atoms with Crippen LogP contribution < -0.4 is 5.32 Å². The van der Waals surface area contributed by atoms with Gasteiger partial charge in [0.05, 0.1) is 15.4 Å². The predicted molar refractivity (Wildman–Crippen MR) is 85.8 cm³/mol. The molecule has 0 bridgehead atoms. The number of nitro groups is 2. The van der Waals surface area contributed by atoms with E-state index in [1.807, 2.05) is 0 Å². The first-order valence-corrected chi connectivity index (χ1v) is 6.79. The molecule has 0 atom stereocenters. The zero-order valence-electron chi connectivity index (χ0n) is 12.8. The van der Waals surface area contributed by atoms with Crippen LogP contribution in [-0.4, -0.2) is 26.8 Å². The second-order valence-electron chi connectivity index (χ2n) is 4.97. The van der Waals surface area contributed by atoms with Gasteiger partial charge in [0.15, 0.2) is 0 Å². The van der Waals surface area contributed by atoms with Crippen molar-refractivity contribution in [2.75, 3.05) is 5.32 Å². The number of aryl methyl sites for hydroxylation is 1. The Morgan fingerprint density at radius 1 is 1.08 bits per heavy atom. The van der Waals surface area contributed by atoms with Crippen molar-refractivity contribution < 1.29 is 24.5 Å². The topological polar surface area (TPSA) is 153 Å². The van der Waals surface area contributed by atoms with E-state index in [0.717, 1.165) is 12.1 Å². The Hall–Kier alpha value is -3.82. The number of nitro benzene ring substituents is 2. The summed E-state index contributed by atoms with van der Waals surface area (Å²) in [6.45, 7) is 1.52. The molecule has 10 nitrogen and oxygen atoms in total. The minimum Gasteiger partial charge on any atom is -0.477 e. The van der Waals surface area contributed by atoms with E-state index in [1.54, 1.807) is 0 Å². The van der Waals surface area contributed by atoms with Gasteiger partial charge < -0.3 is 10.4 Å². The van der Waals surface area contributed by atoms with E-state index < -0.39 is 33.0 Å². The van der Waals surface area contributed by atoms with Crippen molar-refractivity contribution in [3.63, 3.8) is 0 Å². The average molecular weight is 345 g/mol. The number of amides is 1. The van der Waals surface area contributed by atoms with Crippen LogP contribution in [-0.2, 0) is 0 Å². The normalized spacial score (nSPS) is 10.1. The molecule has 0 fully saturated rings. The highest BCUT2D eigenvalue weighted by Gasteiger charge is 2.27. The zero-order chi connectivity index (χ0) is 18.7. The summed E-state index contributed by atoms with van der Waals surface area (Å²) in [5.74, 6) is -2.49.